The Bertz CT molecular complexity index is 1020. The quantitative estimate of drug-likeness (QED) is 0.661. The van der Waals surface area contributed by atoms with Crippen LogP contribution in [0.5, 0.6) is 5.75 Å². The van der Waals surface area contributed by atoms with Crippen molar-refractivity contribution in [3.63, 3.8) is 0 Å². The van der Waals surface area contributed by atoms with Crippen LogP contribution >= 0.6 is 11.6 Å². The van der Waals surface area contributed by atoms with Crippen molar-refractivity contribution >= 4 is 27.5 Å². The highest BCUT2D eigenvalue weighted by molar-refractivity contribution is 7.89. The summed E-state index contributed by atoms with van der Waals surface area (Å²) in [5.41, 5.74) is 2.06. The van der Waals surface area contributed by atoms with Crippen molar-refractivity contribution < 1.29 is 17.9 Å². The highest BCUT2D eigenvalue weighted by Crippen LogP contribution is 2.27. The molecule has 2 aromatic rings. The molecule has 31 heavy (non-hydrogen) atoms. The van der Waals surface area contributed by atoms with E-state index in [1.165, 1.54) is 16.4 Å². The highest BCUT2D eigenvalue weighted by Gasteiger charge is 2.32. The maximum atomic E-state index is 12.9. The molecule has 1 N–H and O–H groups in total. The van der Waals surface area contributed by atoms with E-state index in [0.717, 1.165) is 23.3 Å². The molecule has 1 heterocycles. The van der Waals surface area contributed by atoms with Gasteiger partial charge in [-0.05, 0) is 67.6 Å². The Morgan fingerprint density at radius 2 is 1.84 bits per heavy atom. The van der Waals surface area contributed by atoms with Crippen LogP contribution in [0.1, 0.15) is 43.4 Å². The largest absolute Gasteiger partial charge is 0.496 e. The van der Waals surface area contributed by atoms with Crippen molar-refractivity contribution in [1.82, 2.24) is 9.62 Å². The van der Waals surface area contributed by atoms with Gasteiger partial charge in [0.2, 0.25) is 15.9 Å². The number of methoxy groups -OCH3 is 1. The number of carbonyl (C=O) groups excluding carboxylic acids is 1. The summed E-state index contributed by atoms with van der Waals surface area (Å²) in [6, 6.07) is 12.0. The van der Waals surface area contributed by atoms with Gasteiger partial charge in [-0.15, -0.1) is 0 Å². The first-order valence-corrected chi connectivity index (χ1v) is 12.3. The Hall–Kier alpha value is -2.09. The summed E-state index contributed by atoms with van der Waals surface area (Å²) in [5.74, 6) is 0.591. The molecular formula is C23H29ClN2O4S. The standard InChI is InChI=1S/C23H29ClN2O4S/c1-4-21(18-5-10-22(30-3)16(2)15-18)25-23(27)17-11-13-26(14-12-17)31(28,29)20-8-6-19(24)7-9-20/h5-10,15,17,21H,4,11-14H2,1-3H3,(H,25,27). The molecule has 0 bridgehead atoms. The number of hydrogen-bond donors (Lipinski definition) is 1. The minimum Gasteiger partial charge on any atom is -0.496 e. The molecular weight excluding hydrogens is 436 g/mol. The molecule has 168 valence electrons. The smallest absolute Gasteiger partial charge is 0.243 e. The number of carbonyl (C=O) groups is 1. The van der Waals surface area contributed by atoms with E-state index in [4.69, 9.17) is 16.3 Å². The van der Waals surface area contributed by atoms with Gasteiger partial charge in [0.15, 0.2) is 0 Å². The average Bonchev–Trinajstić information content (AvgIpc) is 2.77. The average molecular weight is 465 g/mol. The van der Waals surface area contributed by atoms with Crippen LogP contribution in [0.3, 0.4) is 0 Å². The zero-order valence-corrected chi connectivity index (χ0v) is 19.7. The molecule has 1 unspecified atom stereocenters. The number of rotatable bonds is 7. The molecule has 0 saturated carbocycles. The lowest BCUT2D eigenvalue weighted by Gasteiger charge is -2.31. The number of amides is 1. The first kappa shape index (κ1) is 23.6. The minimum absolute atomic E-state index is 0.0242. The fourth-order valence-corrected chi connectivity index (χ4v) is 5.54. The molecule has 1 fully saturated rings. The van der Waals surface area contributed by atoms with Gasteiger partial charge in [-0.2, -0.15) is 4.31 Å². The van der Waals surface area contributed by atoms with Crippen LogP contribution in [-0.2, 0) is 14.8 Å². The zero-order chi connectivity index (χ0) is 22.6. The summed E-state index contributed by atoms with van der Waals surface area (Å²) < 4.78 is 32.4. The van der Waals surface area contributed by atoms with Crippen LogP contribution in [0, 0.1) is 12.8 Å². The van der Waals surface area contributed by atoms with Gasteiger partial charge in [0.25, 0.3) is 0 Å². The second kappa shape index (κ2) is 10.0. The highest BCUT2D eigenvalue weighted by atomic mass is 35.5. The lowest BCUT2D eigenvalue weighted by atomic mass is 9.95. The molecule has 0 spiro atoms. The van der Waals surface area contributed by atoms with Crippen LogP contribution in [0.15, 0.2) is 47.4 Å². The second-order valence-corrected chi connectivity index (χ2v) is 10.2. The van der Waals surface area contributed by atoms with Crippen molar-refractivity contribution in [2.75, 3.05) is 20.2 Å². The molecule has 8 heteroatoms. The molecule has 1 amide bonds. The summed E-state index contributed by atoms with van der Waals surface area (Å²) in [6.45, 7) is 4.66. The molecule has 0 radical (unpaired) electrons. The van der Waals surface area contributed by atoms with Gasteiger partial charge < -0.3 is 10.1 Å². The first-order chi connectivity index (χ1) is 14.8. The zero-order valence-electron chi connectivity index (χ0n) is 18.1. The number of benzene rings is 2. The van der Waals surface area contributed by atoms with Crippen molar-refractivity contribution in [1.29, 1.82) is 0 Å². The molecule has 1 saturated heterocycles. The van der Waals surface area contributed by atoms with Gasteiger partial charge >= 0.3 is 0 Å². The minimum atomic E-state index is -3.58. The third-order valence-electron chi connectivity index (χ3n) is 5.82. The molecule has 1 atom stereocenters. The van der Waals surface area contributed by atoms with Crippen molar-refractivity contribution in [3.05, 3.63) is 58.6 Å². The van der Waals surface area contributed by atoms with E-state index < -0.39 is 10.0 Å². The molecule has 2 aromatic carbocycles. The summed E-state index contributed by atoms with van der Waals surface area (Å²) in [7, 11) is -1.94. The number of aryl methyl sites for hydroxylation is 1. The number of hydrogen-bond acceptors (Lipinski definition) is 4. The van der Waals surface area contributed by atoms with Crippen LogP contribution < -0.4 is 10.1 Å². The molecule has 6 nitrogen and oxygen atoms in total. The van der Waals surface area contributed by atoms with E-state index in [0.29, 0.717) is 31.0 Å². The Morgan fingerprint density at radius 1 is 1.19 bits per heavy atom. The van der Waals surface area contributed by atoms with E-state index in [1.807, 2.05) is 32.0 Å². The van der Waals surface area contributed by atoms with Crippen LogP contribution in [0.25, 0.3) is 0 Å². The van der Waals surface area contributed by atoms with Gasteiger partial charge in [0, 0.05) is 24.0 Å². The summed E-state index contributed by atoms with van der Waals surface area (Å²) >= 11 is 5.86. The number of nitrogens with zero attached hydrogens (tertiary/aromatic N) is 1. The van der Waals surface area contributed by atoms with Crippen LogP contribution in [0.4, 0.5) is 0 Å². The Morgan fingerprint density at radius 3 is 2.39 bits per heavy atom. The Labute approximate surface area is 189 Å². The molecule has 3 rings (SSSR count). The number of ether oxygens (including phenoxy) is 1. The van der Waals surface area contributed by atoms with Crippen molar-refractivity contribution in [2.24, 2.45) is 5.92 Å². The van der Waals surface area contributed by atoms with E-state index in [1.54, 1.807) is 19.2 Å². The third kappa shape index (κ3) is 5.40. The fourth-order valence-electron chi connectivity index (χ4n) is 3.94. The second-order valence-electron chi connectivity index (χ2n) is 7.83. The number of sulfonamides is 1. The summed E-state index contributed by atoms with van der Waals surface area (Å²) in [5, 5.41) is 3.64. The van der Waals surface area contributed by atoms with E-state index in [-0.39, 0.29) is 22.8 Å². The van der Waals surface area contributed by atoms with Gasteiger partial charge in [0.1, 0.15) is 5.75 Å². The topological polar surface area (TPSA) is 75.7 Å². The van der Waals surface area contributed by atoms with Gasteiger partial charge in [-0.1, -0.05) is 30.7 Å². The number of halogens is 1. The predicted octanol–water partition coefficient (Wildman–Crippen LogP) is 4.33. The van der Waals surface area contributed by atoms with Crippen molar-refractivity contribution in [3.8, 4) is 5.75 Å². The molecule has 1 aliphatic heterocycles. The van der Waals surface area contributed by atoms with E-state index >= 15 is 0 Å². The third-order valence-corrected chi connectivity index (χ3v) is 7.99. The normalized spacial score (nSPS) is 16.6. The van der Waals surface area contributed by atoms with Gasteiger partial charge in [-0.25, -0.2) is 8.42 Å². The van der Waals surface area contributed by atoms with Gasteiger partial charge in [-0.3, -0.25) is 4.79 Å². The SMILES string of the molecule is CCC(NC(=O)C1CCN(S(=O)(=O)c2ccc(Cl)cc2)CC1)c1ccc(OC)c(C)c1. The van der Waals surface area contributed by atoms with Gasteiger partial charge in [0.05, 0.1) is 18.0 Å². The number of piperidine rings is 1. The first-order valence-electron chi connectivity index (χ1n) is 10.5. The van der Waals surface area contributed by atoms with Crippen molar-refractivity contribution in [2.45, 2.75) is 44.0 Å². The molecule has 1 aliphatic rings. The maximum absolute atomic E-state index is 12.9. The van der Waals surface area contributed by atoms with Crippen LogP contribution in [-0.4, -0.2) is 38.8 Å². The van der Waals surface area contributed by atoms with Crippen LogP contribution in [0.2, 0.25) is 5.02 Å². The number of nitrogens with one attached hydrogen (secondary N) is 1. The predicted molar refractivity (Wildman–Crippen MR) is 122 cm³/mol. The summed E-state index contributed by atoms with van der Waals surface area (Å²) in [6.07, 6.45) is 1.76. The Balaban J connectivity index is 1.61. The lowest BCUT2D eigenvalue weighted by molar-refractivity contribution is -0.126. The Kier molecular flexibility index (Phi) is 7.62. The monoisotopic (exact) mass is 464 g/mol. The molecule has 0 aromatic heterocycles. The lowest BCUT2D eigenvalue weighted by Crippen LogP contribution is -2.43. The maximum Gasteiger partial charge on any atom is 0.243 e. The summed E-state index contributed by atoms with van der Waals surface area (Å²) in [4.78, 5) is 13.1. The fraction of sp³-hybridized carbons (Fsp3) is 0.435. The van der Waals surface area contributed by atoms with E-state index in [2.05, 4.69) is 5.32 Å². The molecule has 0 aliphatic carbocycles. The van der Waals surface area contributed by atoms with E-state index in [9.17, 15) is 13.2 Å².